The van der Waals surface area contributed by atoms with Crippen LogP contribution in [0.15, 0.2) is 24.5 Å². The molecule has 2 unspecified atom stereocenters. The van der Waals surface area contributed by atoms with Crippen LogP contribution in [0.1, 0.15) is 18.5 Å². The molecule has 4 rings (SSSR count). The van der Waals surface area contributed by atoms with Gasteiger partial charge in [-0.2, -0.15) is 0 Å². The van der Waals surface area contributed by atoms with E-state index in [4.69, 9.17) is 0 Å². The molecule has 0 amide bonds. The summed E-state index contributed by atoms with van der Waals surface area (Å²) in [7, 11) is 0. The second-order valence-electron chi connectivity index (χ2n) is 5.41. The zero-order valence-corrected chi connectivity index (χ0v) is 11.0. The van der Waals surface area contributed by atoms with Crippen LogP contribution in [0.4, 0.5) is 0 Å². The van der Waals surface area contributed by atoms with Gasteiger partial charge >= 0.3 is 0 Å². The fourth-order valence-electron chi connectivity index (χ4n) is 2.98. The average molecular weight is 246 g/mol. The van der Waals surface area contributed by atoms with E-state index in [2.05, 4.69) is 33.1 Å². The summed E-state index contributed by atoms with van der Waals surface area (Å²) in [5.74, 6) is 0. The van der Waals surface area contributed by atoms with Crippen LogP contribution in [0, 0.1) is 0 Å². The van der Waals surface area contributed by atoms with Crippen molar-refractivity contribution in [3.05, 3.63) is 30.1 Å². The number of nitrogens with one attached hydrogen (secondary N) is 1. The first-order valence-electron chi connectivity index (χ1n) is 6.92. The summed E-state index contributed by atoms with van der Waals surface area (Å²) in [6.07, 6.45) is 3.78. The molecular formula is C14H22N4. The minimum Gasteiger partial charge on any atom is -0.309 e. The van der Waals surface area contributed by atoms with Crippen molar-refractivity contribution < 1.29 is 0 Å². The third-order valence-electron chi connectivity index (χ3n) is 4.24. The zero-order valence-electron chi connectivity index (χ0n) is 11.0. The van der Waals surface area contributed by atoms with Crippen LogP contribution >= 0.6 is 0 Å². The predicted molar refractivity (Wildman–Crippen MR) is 72.5 cm³/mol. The third kappa shape index (κ3) is 2.55. The SMILES string of the molecule is CC(NCC1CN2CCN1CC2)c1cccnc1. The molecule has 0 spiro atoms. The van der Waals surface area contributed by atoms with E-state index in [0.717, 1.165) is 6.54 Å². The van der Waals surface area contributed by atoms with Crippen molar-refractivity contribution in [2.45, 2.75) is 19.0 Å². The summed E-state index contributed by atoms with van der Waals surface area (Å²) >= 11 is 0. The van der Waals surface area contributed by atoms with E-state index in [1.54, 1.807) is 0 Å². The maximum absolute atomic E-state index is 4.18. The first-order chi connectivity index (χ1) is 8.83. The molecule has 1 N–H and O–H groups in total. The Hall–Kier alpha value is -0.970. The highest BCUT2D eigenvalue weighted by atomic mass is 15.3. The van der Waals surface area contributed by atoms with Gasteiger partial charge in [0.1, 0.15) is 0 Å². The lowest BCUT2D eigenvalue weighted by Crippen LogP contribution is -2.63. The summed E-state index contributed by atoms with van der Waals surface area (Å²) in [6, 6.07) is 5.22. The average Bonchev–Trinajstić information content (AvgIpc) is 2.47. The molecule has 1 aromatic heterocycles. The van der Waals surface area contributed by atoms with Crippen LogP contribution in [-0.4, -0.2) is 60.1 Å². The van der Waals surface area contributed by atoms with Gasteiger partial charge < -0.3 is 5.32 Å². The second kappa shape index (κ2) is 5.34. The molecule has 4 nitrogen and oxygen atoms in total. The first kappa shape index (κ1) is 12.1. The summed E-state index contributed by atoms with van der Waals surface area (Å²) in [5, 5.41) is 3.65. The van der Waals surface area contributed by atoms with Crippen LogP contribution < -0.4 is 5.32 Å². The minimum atomic E-state index is 0.385. The Morgan fingerprint density at radius 1 is 1.39 bits per heavy atom. The predicted octanol–water partition coefficient (Wildman–Crippen LogP) is 0.732. The van der Waals surface area contributed by atoms with Crippen LogP contribution in [-0.2, 0) is 0 Å². The summed E-state index contributed by atoms with van der Waals surface area (Å²) in [4.78, 5) is 9.39. The third-order valence-corrected chi connectivity index (χ3v) is 4.24. The number of aromatic nitrogens is 1. The van der Waals surface area contributed by atoms with Crippen LogP contribution in [0.25, 0.3) is 0 Å². The van der Waals surface area contributed by atoms with Crippen molar-refractivity contribution in [3.63, 3.8) is 0 Å². The van der Waals surface area contributed by atoms with Gasteiger partial charge in [-0.15, -0.1) is 0 Å². The highest BCUT2D eigenvalue weighted by Gasteiger charge is 2.31. The van der Waals surface area contributed by atoms with Gasteiger partial charge in [0.15, 0.2) is 0 Å². The summed E-state index contributed by atoms with van der Waals surface area (Å²) in [6.45, 7) is 9.53. The molecule has 0 aromatic carbocycles. The lowest BCUT2D eigenvalue weighted by atomic mass is 10.1. The second-order valence-corrected chi connectivity index (χ2v) is 5.41. The van der Waals surface area contributed by atoms with E-state index in [9.17, 15) is 0 Å². The van der Waals surface area contributed by atoms with Crippen molar-refractivity contribution in [1.29, 1.82) is 0 Å². The molecule has 3 fully saturated rings. The van der Waals surface area contributed by atoms with E-state index < -0.39 is 0 Å². The molecule has 1 aromatic rings. The Morgan fingerprint density at radius 2 is 2.22 bits per heavy atom. The van der Waals surface area contributed by atoms with Gasteiger partial charge in [0.2, 0.25) is 0 Å². The quantitative estimate of drug-likeness (QED) is 0.849. The highest BCUT2D eigenvalue weighted by Crippen LogP contribution is 2.16. The van der Waals surface area contributed by atoms with Crippen LogP contribution in [0.3, 0.4) is 0 Å². The standard InChI is InChI=1S/C14H22N4/c1-12(13-3-2-4-15-9-13)16-10-14-11-17-5-7-18(14)8-6-17/h2-4,9,12,14,16H,5-8,10-11H2,1H3. The van der Waals surface area contributed by atoms with E-state index in [0.29, 0.717) is 12.1 Å². The van der Waals surface area contributed by atoms with E-state index in [-0.39, 0.29) is 0 Å². The Labute approximate surface area is 109 Å². The van der Waals surface area contributed by atoms with Gasteiger partial charge in [0.05, 0.1) is 0 Å². The molecule has 18 heavy (non-hydrogen) atoms. The van der Waals surface area contributed by atoms with E-state index >= 15 is 0 Å². The van der Waals surface area contributed by atoms with Gasteiger partial charge in [-0.05, 0) is 18.6 Å². The maximum Gasteiger partial charge on any atom is 0.0349 e. The molecule has 0 aliphatic carbocycles. The van der Waals surface area contributed by atoms with Crippen LogP contribution in [0.5, 0.6) is 0 Å². The zero-order chi connectivity index (χ0) is 12.4. The number of hydrogen-bond acceptors (Lipinski definition) is 4. The number of nitrogens with zero attached hydrogens (tertiary/aromatic N) is 3. The summed E-state index contributed by atoms with van der Waals surface area (Å²) in [5.41, 5.74) is 1.27. The first-order valence-corrected chi connectivity index (χ1v) is 6.92. The minimum absolute atomic E-state index is 0.385. The molecule has 2 atom stereocenters. The van der Waals surface area contributed by atoms with Crippen molar-refractivity contribution in [3.8, 4) is 0 Å². The van der Waals surface area contributed by atoms with Crippen LogP contribution in [0.2, 0.25) is 0 Å². The molecule has 98 valence electrons. The highest BCUT2D eigenvalue weighted by molar-refractivity contribution is 5.12. The van der Waals surface area contributed by atoms with E-state index in [1.807, 2.05) is 18.5 Å². The number of hydrogen-bond donors (Lipinski definition) is 1. The molecule has 3 saturated heterocycles. The molecule has 3 aliphatic rings. The van der Waals surface area contributed by atoms with Gasteiger partial charge in [-0.1, -0.05) is 6.07 Å². The molecule has 0 radical (unpaired) electrons. The number of pyridine rings is 1. The van der Waals surface area contributed by atoms with Crippen molar-refractivity contribution in [2.24, 2.45) is 0 Å². The Bertz CT molecular complexity index is 373. The number of piperazine rings is 3. The van der Waals surface area contributed by atoms with E-state index in [1.165, 1.54) is 38.3 Å². The van der Waals surface area contributed by atoms with Gasteiger partial charge in [0, 0.05) is 63.7 Å². The smallest absolute Gasteiger partial charge is 0.0349 e. The molecule has 4 heteroatoms. The largest absolute Gasteiger partial charge is 0.309 e. The molecule has 0 saturated carbocycles. The van der Waals surface area contributed by atoms with Crippen molar-refractivity contribution in [2.75, 3.05) is 39.3 Å². The number of rotatable bonds is 4. The fourth-order valence-corrected chi connectivity index (χ4v) is 2.98. The maximum atomic E-state index is 4.18. The van der Waals surface area contributed by atoms with Gasteiger partial charge in [0.25, 0.3) is 0 Å². The fraction of sp³-hybridized carbons (Fsp3) is 0.643. The normalized spacial score (nSPS) is 32.4. The topological polar surface area (TPSA) is 31.4 Å². The lowest BCUT2D eigenvalue weighted by Gasteiger charge is -2.47. The molecular weight excluding hydrogens is 224 g/mol. The Morgan fingerprint density at radius 3 is 2.83 bits per heavy atom. The van der Waals surface area contributed by atoms with Gasteiger partial charge in [-0.3, -0.25) is 14.8 Å². The van der Waals surface area contributed by atoms with Crippen molar-refractivity contribution in [1.82, 2.24) is 20.1 Å². The Balaban J connectivity index is 1.52. The number of fused-ring (bicyclic) bond motifs is 3. The lowest BCUT2D eigenvalue weighted by molar-refractivity contribution is 0.0129. The molecule has 4 heterocycles. The Kier molecular flexibility index (Phi) is 3.59. The molecule has 2 bridgehead atoms. The van der Waals surface area contributed by atoms with Crippen molar-refractivity contribution >= 4 is 0 Å². The molecule has 3 aliphatic heterocycles. The van der Waals surface area contributed by atoms with Gasteiger partial charge in [-0.25, -0.2) is 0 Å². The monoisotopic (exact) mass is 246 g/mol. The summed E-state index contributed by atoms with van der Waals surface area (Å²) < 4.78 is 0.